The number of amides is 1. The maximum atomic E-state index is 12.7. The van der Waals surface area contributed by atoms with E-state index in [1.165, 1.54) is 5.56 Å². The molecule has 1 atom stereocenters. The van der Waals surface area contributed by atoms with E-state index in [4.69, 9.17) is 0 Å². The molecule has 2 heterocycles. The molecule has 1 aliphatic rings. The number of nitrogens with zero attached hydrogens (tertiary/aromatic N) is 2. The quantitative estimate of drug-likeness (QED) is 0.776. The predicted molar refractivity (Wildman–Crippen MR) is 107 cm³/mol. The number of carbonyl (C=O) groups is 1. The molecule has 144 valence electrons. The smallest absolute Gasteiger partial charge is 0.222 e. The summed E-state index contributed by atoms with van der Waals surface area (Å²) in [4.78, 5) is 18.8. The van der Waals surface area contributed by atoms with Crippen molar-refractivity contribution < 1.29 is 9.90 Å². The van der Waals surface area contributed by atoms with E-state index < -0.39 is 0 Å². The van der Waals surface area contributed by atoms with Crippen LogP contribution in [0, 0.1) is 5.41 Å². The first-order valence-electron chi connectivity index (χ1n) is 10.0. The Morgan fingerprint density at radius 3 is 2.67 bits per heavy atom. The molecule has 1 fully saturated rings. The number of pyridine rings is 1. The lowest BCUT2D eigenvalue weighted by Gasteiger charge is -2.42. The van der Waals surface area contributed by atoms with Gasteiger partial charge in [0, 0.05) is 37.3 Å². The molecule has 0 bridgehead atoms. The third-order valence-corrected chi connectivity index (χ3v) is 5.72. The minimum Gasteiger partial charge on any atom is -0.396 e. The fourth-order valence-electron chi connectivity index (χ4n) is 4.10. The van der Waals surface area contributed by atoms with Crippen molar-refractivity contribution in [1.82, 2.24) is 9.88 Å². The van der Waals surface area contributed by atoms with Crippen LogP contribution in [-0.2, 0) is 17.6 Å². The number of hydrogen-bond acceptors (Lipinski definition) is 3. The summed E-state index contributed by atoms with van der Waals surface area (Å²) in [5, 5.41) is 10.1. The minimum atomic E-state index is -0.142. The highest BCUT2D eigenvalue weighted by molar-refractivity contribution is 5.76. The molecule has 0 spiro atoms. The topological polar surface area (TPSA) is 53.4 Å². The van der Waals surface area contributed by atoms with Crippen molar-refractivity contribution in [3.8, 4) is 0 Å². The van der Waals surface area contributed by atoms with E-state index >= 15 is 0 Å². The van der Waals surface area contributed by atoms with Crippen LogP contribution in [0.2, 0.25) is 0 Å². The Kier molecular flexibility index (Phi) is 6.99. The molecule has 1 N–H and O–H groups in total. The molecule has 4 nitrogen and oxygen atoms in total. The number of aliphatic hydroxyl groups is 1. The monoisotopic (exact) mass is 366 g/mol. The maximum Gasteiger partial charge on any atom is 0.222 e. The molecule has 27 heavy (non-hydrogen) atoms. The zero-order valence-corrected chi connectivity index (χ0v) is 16.0. The summed E-state index contributed by atoms with van der Waals surface area (Å²) in [6.07, 6.45) is 9.83. The van der Waals surface area contributed by atoms with E-state index in [9.17, 15) is 9.90 Å². The Morgan fingerprint density at radius 2 is 1.93 bits per heavy atom. The van der Waals surface area contributed by atoms with Crippen LogP contribution in [0.5, 0.6) is 0 Å². The number of rotatable bonds is 8. The molecule has 2 aromatic rings. The van der Waals surface area contributed by atoms with Crippen LogP contribution in [-0.4, -0.2) is 40.6 Å². The van der Waals surface area contributed by atoms with E-state index in [-0.39, 0.29) is 17.9 Å². The third-order valence-electron chi connectivity index (χ3n) is 5.72. The lowest BCUT2D eigenvalue weighted by molar-refractivity contribution is -0.135. The first-order chi connectivity index (χ1) is 13.2. The van der Waals surface area contributed by atoms with Gasteiger partial charge in [0.25, 0.3) is 0 Å². The Morgan fingerprint density at radius 1 is 1.11 bits per heavy atom. The van der Waals surface area contributed by atoms with Gasteiger partial charge in [-0.2, -0.15) is 0 Å². The summed E-state index contributed by atoms with van der Waals surface area (Å²) >= 11 is 0. The van der Waals surface area contributed by atoms with Crippen molar-refractivity contribution >= 4 is 5.91 Å². The lowest BCUT2D eigenvalue weighted by Crippen LogP contribution is -2.48. The second-order valence-corrected chi connectivity index (χ2v) is 7.78. The van der Waals surface area contributed by atoms with Gasteiger partial charge in [-0.05, 0) is 55.7 Å². The molecule has 0 aliphatic carbocycles. The predicted octanol–water partition coefficient (Wildman–Crippen LogP) is 3.64. The zero-order chi connectivity index (χ0) is 19.0. The van der Waals surface area contributed by atoms with Crippen LogP contribution in [0.4, 0.5) is 0 Å². The van der Waals surface area contributed by atoms with Gasteiger partial charge in [-0.3, -0.25) is 9.78 Å². The van der Waals surface area contributed by atoms with Gasteiger partial charge in [0.05, 0.1) is 6.61 Å². The van der Waals surface area contributed by atoms with Crippen molar-refractivity contribution in [2.24, 2.45) is 5.41 Å². The fourth-order valence-corrected chi connectivity index (χ4v) is 4.10. The summed E-state index contributed by atoms with van der Waals surface area (Å²) in [6.45, 7) is 1.66. The Balaban J connectivity index is 1.51. The van der Waals surface area contributed by atoms with Crippen LogP contribution >= 0.6 is 0 Å². The highest BCUT2D eigenvalue weighted by atomic mass is 16.3. The van der Waals surface area contributed by atoms with Gasteiger partial charge in [-0.25, -0.2) is 0 Å². The summed E-state index contributed by atoms with van der Waals surface area (Å²) in [5.74, 6) is 0.194. The van der Waals surface area contributed by atoms with Crippen molar-refractivity contribution in [3.63, 3.8) is 0 Å². The Labute approximate surface area is 162 Å². The fraction of sp³-hybridized carbons (Fsp3) is 0.478. The molecule has 3 rings (SSSR count). The largest absolute Gasteiger partial charge is 0.396 e. The molecule has 4 heteroatoms. The average Bonchev–Trinajstić information content (AvgIpc) is 2.74. The molecule has 0 saturated carbocycles. The van der Waals surface area contributed by atoms with Crippen LogP contribution in [0.1, 0.15) is 43.2 Å². The number of aryl methyl sites for hydroxylation is 2. The van der Waals surface area contributed by atoms with Crippen LogP contribution in [0.15, 0.2) is 54.9 Å². The maximum absolute atomic E-state index is 12.7. The second kappa shape index (κ2) is 9.65. The first-order valence-corrected chi connectivity index (χ1v) is 10.0. The van der Waals surface area contributed by atoms with E-state index in [1.54, 1.807) is 6.20 Å². The molecule has 1 aliphatic heterocycles. The van der Waals surface area contributed by atoms with E-state index in [0.717, 1.165) is 50.6 Å². The number of aliphatic hydroxyl groups excluding tert-OH is 1. The molecular weight excluding hydrogens is 336 g/mol. The average molecular weight is 367 g/mol. The Hall–Kier alpha value is -2.20. The van der Waals surface area contributed by atoms with Gasteiger partial charge in [-0.15, -0.1) is 0 Å². The highest BCUT2D eigenvalue weighted by Gasteiger charge is 2.36. The lowest BCUT2D eigenvalue weighted by atomic mass is 9.76. The summed E-state index contributed by atoms with van der Waals surface area (Å²) < 4.78 is 0. The van der Waals surface area contributed by atoms with E-state index in [2.05, 4.69) is 29.2 Å². The number of piperidine rings is 1. The molecule has 1 amide bonds. The first kappa shape index (κ1) is 19.6. The third kappa shape index (κ3) is 5.64. The van der Waals surface area contributed by atoms with Crippen molar-refractivity contribution in [2.45, 2.75) is 44.9 Å². The molecule has 1 unspecified atom stereocenters. The number of hydrogen-bond donors (Lipinski definition) is 1. The highest BCUT2D eigenvalue weighted by Crippen LogP contribution is 2.35. The van der Waals surface area contributed by atoms with E-state index in [1.807, 2.05) is 29.3 Å². The van der Waals surface area contributed by atoms with Gasteiger partial charge >= 0.3 is 0 Å². The van der Waals surface area contributed by atoms with Crippen LogP contribution in [0.3, 0.4) is 0 Å². The standard InChI is InChI=1S/C23H30N2O2/c26-19-23(13-4-9-20-7-2-1-3-8-20)14-6-16-25(18-23)22(27)12-11-21-10-5-15-24-17-21/h1-3,5,7-8,10,15,17,26H,4,6,9,11-14,16,18-19H2. The summed E-state index contributed by atoms with van der Waals surface area (Å²) in [5.41, 5.74) is 2.29. The van der Waals surface area contributed by atoms with Crippen LogP contribution < -0.4 is 0 Å². The van der Waals surface area contributed by atoms with Gasteiger partial charge in [0.15, 0.2) is 0 Å². The van der Waals surface area contributed by atoms with Gasteiger partial charge < -0.3 is 10.0 Å². The normalized spacial score (nSPS) is 19.8. The number of aromatic nitrogens is 1. The zero-order valence-electron chi connectivity index (χ0n) is 16.0. The number of carbonyl (C=O) groups excluding carboxylic acids is 1. The van der Waals surface area contributed by atoms with Crippen molar-refractivity contribution in [2.75, 3.05) is 19.7 Å². The Bertz CT molecular complexity index is 705. The van der Waals surface area contributed by atoms with E-state index in [0.29, 0.717) is 13.0 Å². The second-order valence-electron chi connectivity index (χ2n) is 7.78. The minimum absolute atomic E-state index is 0.142. The van der Waals surface area contributed by atoms with Crippen molar-refractivity contribution in [1.29, 1.82) is 0 Å². The molecule has 1 aromatic carbocycles. The molecule has 1 aromatic heterocycles. The summed E-state index contributed by atoms with van der Waals surface area (Å²) in [7, 11) is 0. The number of likely N-dealkylation sites (tertiary alicyclic amines) is 1. The van der Waals surface area contributed by atoms with Gasteiger partial charge in [-0.1, -0.05) is 36.4 Å². The van der Waals surface area contributed by atoms with Gasteiger partial charge in [0.2, 0.25) is 5.91 Å². The molecule has 1 saturated heterocycles. The van der Waals surface area contributed by atoms with Gasteiger partial charge in [0.1, 0.15) is 0 Å². The van der Waals surface area contributed by atoms with Crippen LogP contribution in [0.25, 0.3) is 0 Å². The molecular formula is C23H30N2O2. The number of benzene rings is 1. The SMILES string of the molecule is O=C(CCc1cccnc1)N1CCCC(CO)(CCCc2ccccc2)C1. The molecule has 0 radical (unpaired) electrons. The van der Waals surface area contributed by atoms with Crippen molar-refractivity contribution in [3.05, 3.63) is 66.0 Å². The summed E-state index contributed by atoms with van der Waals surface area (Å²) in [6, 6.07) is 14.4.